The number of carbonyl (C=O) groups is 1. The Kier molecular flexibility index (Phi) is 8.14. The average Bonchev–Trinajstić information content (AvgIpc) is 2.67. The number of carbonyl (C=O) groups excluding carboxylic acids is 1. The Labute approximate surface area is 167 Å². The highest BCUT2D eigenvalue weighted by molar-refractivity contribution is 5.92. The molecule has 1 unspecified atom stereocenters. The molecule has 6 nitrogen and oxygen atoms in total. The van der Waals surface area contributed by atoms with Crippen LogP contribution in [0.5, 0.6) is 17.2 Å². The van der Waals surface area contributed by atoms with E-state index in [-0.39, 0.29) is 18.1 Å². The number of anilines is 1. The SMILES string of the molecule is COc1ccc(NC(=O)CC(C)NCc2ccccc2OC(C)C)c(OC)c1. The molecule has 2 aromatic rings. The van der Waals surface area contributed by atoms with Gasteiger partial charge in [-0.3, -0.25) is 4.79 Å². The highest BCUT2D eigenvalue weighted by atomic mass is 16.5. The summed E-state index contributed by atoms with van der Waals surface area (Å²) in [7, 11) is 3.15. The van der Waals surface area contributed by atoms with Gasteiger partial charge in [-0.2, -0.15) is 0 Å². The van der Waals surface area contributed by atoms with Gasteiger partial charge in [-0.15, -0.1) is 0 Å². The van der Waals surface area contributed by atoms with Gasteiger partial charge in [0, 0.05) is 30.6 Å². The molecule has 0 heterocycles. The van der Waals surface area contributed by atoms with E-state index < -0.39 is 0 Å². The van der Waals surface area contributed by atoms with E-state index in [1.54, 1.807) is 32.4 Å². The summed E-state index contributed by atoms with van der Waals surface area (Å²) in [6.45, 7) is 6.62. The fourth-order valence-electron chi connectivity index (χ4n) is 2.76. The van der Waals surface area contributed by atoms with Gasteiger partial charge >= 0.3 is 0 Å². The Balaban J connectivity index is 1.90. The van der Waals surface area contributed by atoms with E-state index in [2.05, 4.69) is 10.6 Å². The molecule has 0 saturated carbocycles. The van der Waals surface area contributed by atoms with E-state index in [4.69, 9.17) is 14.2 Å². The summed E-state index contributed by atoms with van der Waals surface area (Å²) >= 11 is 0. The van der Waals surface area contributed by atoms with Gasteiger partial charge in [0.1, 0.15) is 17.2 Å². The fourth-order valence-corrected chi connectivity index (χ4v) is 2.76. The number of hydrogen-bond acceptors (Lipinski definition) is 5. The van der Waals surface area contributed by atoms with Crippen LogP contribution in [0.2, 0.25) is 0 Å². The molecular weight excluding hydrogens is 356 g/mol. The van der Waals surface area contributed by atoms with Crippen molar-refractivity contribution in [3.63, 3.8) is 0 Å². The second kappa shape index (κ2) is 10.6. The molecule has 0 spiro atoms. The lowest BCUT2D eigenvalue weighted by molar-refractivity contribution is -0.116. The Morgan fingerprint density at radius 2 is 1.75 bits per heavy atom. The molecule has 6 heteroatoms. The minimum absolute atomic E-state index is 0.00338. The van der Waals surface area contributed by atoms with Crippen LogP contribution in [-0.2, 0) is 11.3 Å². The first kappa shape index (κ1) is 21.6. The van der Waals surface area contributed by atoms with Gasteiger partial charge < -0.3 is 24.8 Å². The van der Waals surface area contributed by atoms with Gasteiger partial charge in [0.2, 0.25) is 5.91 Å². The standard InChI is InChI=1S/C22H30N2O4/c1-15(2)28-20-9-7-6-8-17(20)14-23-16(3)12-22(25)24-19-11-10-18(26-4)13-21(19)27-5/h6-11,13,15-16,23H,12,14H2,1-5H3,(H,24,25). The van der Waals surface area contributed by atoms with Crippen LogP contribution in [0.1, 0.15) is 32.8 Å². The lowest BCUT2D eigenvalue weighted by Gasteiger charge is -2.18. The third kappa shape index (κ3) is 6.46. The van der Waals surface area contributed by atoms with Gasteiger partial charge in [-0.25, -0.2) is 0 Å². The van der Waals surface area contributed by atoms with Crippen molar-refractivity contribution in [3.8, 4) is 17.2 Å². The number of hydrogen-bond donors (Lipinski definition) is 2. The van der Waals surface area contributed by atoms with Crippen molar-refractivity contribution >= 4 is 11.6 Å². The van der Waals surface area contributed by atoms with Crippen molar-refractivity contribution in [2.24, 2.45) is 0 Å². The zero-order valence-electron chi connectivity index (χ0n) is 17.2. The predicted molar refractivity (Wildman–Crippen MR) is 111 cm³/mol. The Hall–Kier alpha value is -2.73. The molecule has 0 saturated heterocycles. The monoisotopic (exact) mass is 386 g/mol. The van der Waals surface area contributed by atoms with Crippen LogP contribution in [0.4, 0.5) is 5.69 Å². The normalized spacial score (nSPS) is 11.8. The minimum atomic E-state index is -0.0878. The van der Waals surface area contributed by atoms with Gasteiger partial charge in [-0.1, -0.05) is 18.2 Å². The summed E-state index contributed by atoms with van der Waals surface area (Å²) in [5.41, 5.74) is 1.69. The number of rotatable bonds is 10. The summed E-state index contributed by atoms with van der Waals surface area (Å²) < 4.78 is 16.3. The molecule has 28 heavy (non-hydrogen) atoms. The first-order valence-corrected chi connectivity index (χ1v) is 9.42. The second-order valence-corrected chi connectivity index (χ2v) is 6.87. The third-order valence-electron chi connectivity index (χ3n) is 4.15. The second-order valence-electron chi connectivity index (χ2n) is 6.87. The van der Waals surface area contributed by atoms with E-state index >= 15 is 0 Å². The van der Waals surface area contributed by atoms with Crippen LogP contribution in [-0.4, -0.2) is 32.3 Å². The number of methoxy groups -OCH3 is 2. The first-order chi connectivity index (χ1) is 13.4. The van der Waals surface area contributed by atoms with Crippen molar-refractivity contribution in [1.29, 1.82) is 0 Å². The van der Waals surface area contributed by atoms with Gasteiger partial charge in [0.25, 0.3) is 0 Å². The quantitative estimate of drug-likeness (QED) is 0.646. The molecule has 0 aliphatic heterocycles. The van der Waals surface area contributed by atoms with Crippen LogP contribution >= 0.6 is 0 Å². The molecule has 1 atom stereocenters. The Morgan fingerprint density at radius 1 is 1.00 bits per heavy atom. The lowest BCUT2D eigenvalue weighted by atomic mass is 10.1. The Bertz CT molecular complexity index is 777. The van der Waals surface area contributed by atoms with Crippen molar-refractivity contribution in [1.82, 2.24) is 5.32 Å². The first-order valence-electron chi connectivity index (χ1n) is 9.42. The van der Waals surface area contributed by atoms with Gasteiger partial charge in [-0.05, 0) is 39.0 Å². The maximum absolute atomic E-state index is 12.4. The molecule has 0 radical (unpaired) electrons. The molecule has 1 amide bonds. The average molecular weight is 386 g/mol. The maximum atomic E-state index is 12.4. The topological polar surface area (TPSA) is 68.8 Å². The molecule has 0 fully saturated rings. The lowest BCUT2D eigenvalue weighted by Crippen LogP contribution is -2.30. The van der Waals surface area contributed by atoms with Crippen LogP contribution in [0, 0.1) is 0 Å². The summed E-state index contributed by atoms with van der Waals surface area (Å²) in [6.07, 6.45) is 0.450. The zero-order chi connectivity index (χ0) is 20.5. The number of nitrogens with one attached hydrogen (secondary N) is 2. The minimum Gasteiger partial charge on any atom is -0.497 e. The fraction of sp³-hybridized carbons (Fsp3) is 0.409. The molecule has 2 aromatic carbocycles. The molecular formula is C22H30N2O4. The van der Waals surface area contributed by atoms with Crippen LogP contribution < -0.4 is 24.8 Å². The van der Waals surface area contributed by atoms with Crippen LogP contribution in [0.3, 0.4) is 0 Å². The van der Waals surface area contributed by atoms with E-state index in [0.29, 0.717) is 30.2 Å². The highest BCUT2D eigenvalue weighted by Crippen LogP contribution is 2.29. The number of para-hydroxylation sites is 1. The summed E-state index contributed by atoms with van der Waals surface area (Å²) in [5.74, 6) is 2.01. The largest absolute Gasteiger partial charge is 0.497 e. The molecule has 2 N–H and O–H groups in total. The van der Waals surface area contributed by atoms with Crippen LogP contribution in [0.25, 0.3) is 0 Å². The highest BCUT2D eigenvalue weighted by Gasteiger charge is 2.13. The van der Waals surface area contributed by atoms with E-state index in [0.717, 1.165) is 11.3 Å². The predicted octanol–water partition coefficient (Wildman–Crippen LogP) is 4.00. The molecule has 0 bridgehead atoms. The van der Waals surface area contributed by atoms with Crippen molar-refractivity contribution in [2.45, 2.75) is 45.9 Å². The maximum Gasteiger partial charge on any atom is 0.226 e. The zero-order valence-corrected chi connectivity index (χ0v) is 17.2. The van der Waals surface area contributed by atoms with Crippen molar-refractivity contribution in [2.75, 3.05) is 19.5 Å². The van der Waals surface area contributed by atoms with E-state index in [9.17, 15) is 4.79 Å². The van der Waals surface area contributed by atoms with Gasteiger partial charge in [0.05, 0.1) is 26.0 Å². The Morgan fingerprint density at radius 3 is 2.43 bits per heavy atom. The summed E-state index contributed by atoms with van der Waals surface area (Å²) in [4.78, 5) is 12.4. The smallest absolute Gasteiger partial charge is 0.226 e. The van der Waals surface area contributed by atoms with E-state index in [1.165, 1.54) is 0 Å². The molecule has 0 aliphatic rings. The third-order valence-corrected chi connectivity index (χ3v) is 4.15. The van der Waals surface area contributed by atoms with Crippen molar-refractivity contribution < 1.29 is 19.0 Å². The summed E-state index contributed by atoms with van der Waals surface area (Å²) in [5, 5.41) is 6.28. The van der Waals surface area contributed by atoms with E-state index in [1.807, 2.05) is 45.0 Å². The number of ether oxygens (including phenoxy) is 3. The molecule has 2 rings (SSSR count). The number of benzene rings is 2. The van der Waals surface area contributed by atoms with Crippen LogP contribution in [0.15, 0.2) is 42.5 Å². The summed E-state index contributed by atoms with van der Waals surface area (Å²) in [6, 6.07) is 13.2. The molecule has 0 aliphatic carbocycles. The molecule has 152 valence electrons. The van der Waals surface area contributed by atoms with Gasteiger partial charge in [0.15, 0.2) is 0 Å². The number of amides is 1. The van der Waals surface area contributed by atoms with Crippen molar-refractivity contribution in [3.05, 3.63) is 48.0 Å². The molecule has 0 aromatic heterocycles.